The van der Waals surface area contributed by atoms with Crippen LogP contribution in [0, 0.1) is 0 Å². The molecule has 3 rings (SSSR count). The summed E-state index contributed by atoms with van der Waals surface area (Å²) in [5, 5.41) is 5.31. The summed E-state index contributed by atoms with van der Waals surface area (Å²) < 4.78 is 54.0. The van der Waals surface area contributed by atoms with Crippen molar-refractivity contribution in [3.63, 3.8) is 0 Å². The second kappa shape index (κ2) is 5.71. The lowest BCUT2D eigenvalue weighted by Gasteiger charge is -2.07. The largest absolute Gasteiger partial charge is 0.359 e. The molecule has 0 radical (unpaired) electrons. The number of hydrogen-bond acceptors (Lipinski definition) is 1. The second-order valence-electron chi connectivity index (χ2n) is 4.29. The van der Waals surface area contributed by atoms with Gasteiger partial charge in [0.1, 0.15) is 0 Å². The fraction of sp³-hybridized carbons (Fsp3) is 0.118. The highest BCUT2D eigenvalue weighted by Crippen LogP contribution is 2.22. The third kappa shape index (κ3) is 2.89. The van der Waals surface area contributed by atoms with E-state index in [2.05, 4.69) is 15.6 Å². The van der Waals surface area contributed by atoms with Crippen LogP contribution < -0.4 is 10.6 Å². The number of carbonyl (C=O) groups excluding carboxylic acids is 1. The SMILES string of the molecule is [2H]CC([2H])([2H])c1ccc(NC(=O)Nc2c[nH]c3c([2H])c([2H])c([2H])c([2H])c23)cc1. The predicted molar refractivity (Wildman–Crippen MR) is 86.8 cm³/mol. The second-order valence-corrected chi connectivity index (χ2v) is 4.29. The van der Waals surface area contributed by atoms with Crippen LogP contribution in [-0.2, 0) is 6.37 Å². The summed E-state index contributed by atoms with van der Waals surface area (Å²) in [5.41, 5.74) is 1.15. The zero-order valence-corrected chi connectivity index (χ0v) is 11.0. The summed E-state index contributed by atoms with van der Waals surface area (Å²) in [6.07, 6.45) is -0.376. The van der Waals surface area contributed by atoms with Crippen molar-refractivity contribution in [1.29, 1.82) is 0 Å². The molecule has 4 heteroatoms. The number of para-hydroxylation sites is 1. The van der Waals surface area contributed by atoms with E-state index in [1.165, 1.54) is 30.5 Å². The normalized spacial score (nSPS) is 15.9. The van der Waals surface area contributed by atoms with Gasteiger partial charge in [0, 0.05) is 26.9 Å². The minimum Gasteiger partial charge on any atom is -0.359 e. The highest BCUT2D eigenvalue weighted by Gasteiger charge is 2.07. The van der Waals surface area contributed by atoms with Crippen molar-refractivity contribution < 1.29 is 14.4 Å². The first kappa shape index (κ1) is 7.31. The Morgan fingerprint density at radius 2 is 2.10 bits per heavy atom. The van der Waals surface area contributed by atoms with E-state index in [4.69, 9.17) is 9.60 Å². The molecule has 0 spiro atoms. The van der Waals surface area contributed by atoms with Crippen LogP contribution in [-0.4, -0.2) is 11.0 Å². The number of aromatic amines is 1. The maximum absolute atomic E-state index is 12.3. The number of rotatable bonds is 3. The summed E-state index contributed by atoms with van der Waals surface area (Å²) in [4.78, 5) is 15.0. The molecule has 21 heavy (non-hydrogen) atoms. The maximum atomic E-state index is 12.3. The first-order valence-corrected chi connectivity index (χ1v) is 6.21. The van der Waals surface area contributed by atoms with Gasteiger partial charge in [0.05, 0.1) is 11.2 Å². The Morgan fingerprint density at radius 3 is 2.90 bits per heavy atom. The zero-order valence-electron chi connectivity index (χ0n) is 18.0. The molecule has 0 aliphatic carbocycles. The quantitative estimate of drug-likeness (QED) is 0.657. The van der Waals surface area contributed by atoms with Crippen molar-refractivity contribution in [3.05, 3.63) is 60.2 Å². The molecule has 0 atom stereocenters. The lowest BCUT2D eigenvalue weighted by atomic mass is 10.1. The molecule has 0 aliphatic heterocycles. The lowest BCUT2D eigenvalue weighted by Crippen LogP contribution is -2.19. The summed E-state index contributed by atoms with van der Waals surface area (Å²) in [6, 6.07) is 4.18. The lowest BCUT2D eigenvalue weighted by molar-refractivity contribution is 0.262. The first-order valence-electron chi connectivity index (χ1n) is 9.91. The van der Waals surface area contributed by atoms with Crippen molar-refractivity contribution in [1.82, 2.24) is 4.98 Å². The summed E-state index contributed by atoms with van der Waals surface area (Å²) in [6.45, 7) is -0.410. The number of amides is 2. The van der Waals surface area contributed by atoms with Crippen molar-refractivity contribution >= 4 is 28.3 Å². The number of urea groups is 1. The van der Waals surface area contributed by atoms with Gasteiger partial charge in [-0.2, -0.15) is 0 Å². The van der Waals surface area contributed by atoms with Crippen LogP contribution in [0.5, 0.6) is 0 Å². The van der Waals surface area contributed by atoms with Crippen LogP contribution in [0.3, 0.4) is 0 Å². The molecule has 2 amide bonds. The van der Waals surface area contributed by atoms with Crippen molar-refractivity contribution in [2.24, 2.45) is 0 Å². The molecule has 2 aromatic carbocycles. The molecule has 106 valence electrons. The van der Waals surface area contributed by atoms with E-state index in [1.54, 1.807) is 0 Å². The van der Waals surface area contributed by atoms with Crippen LogP contribution in [0.4, 0.5) is 16.2 Å². The molecule has 1 aromatic heterocycles. The van der Waals surface area contributed by atoms with Crippen molar-refractivity contribution in [2.75, 3.05) is 10.6 Å². The molecular formula is C17H17N3O. The van der Waals surface area contributed by atoms with Gasteiger partial charge in [0.15, 0.2) is 0 Å². The number of H-pyrrole nitrogens is 1. The maximum Gasteiger partial charge on any atom is 0.323 e. The fourth-order valence-electron chi connectivity index (χ4n) is 1.89. The van der Waals surface area contributed by atoms with Crippen LogP contribution in [0.2, 0.25) is 0 Å². The number of carbonyl (C=O) groups is 1. The summed E-state index contributed by atoms with van der Waals surface area (Å²) >= 11 is 0. The van der Waals surface area contributed by atoms with Crippen LogP contribution in [0.15, 0.2) is 54.6 Å². The Morgan fingerprint density at radius 1 is 1.29 bits per heavy atom. The van der Waals surface area contributed by atoms with Gasteiger partial charge in [0.2, 0.25) is 0 Å². The number of hydrogen-bond donors (Lipinski definition) is 3. The van der Waals surface area contributed by atoms with Crippen molar-refractivity contribution in [2.45, 2.75) is 13.3 Å². The highest BCUT2D eigenvalue weighted by atomic mass is 16.2. The van der Waals surface area contributed by atoms with Gasteiger partial charge in [-0.1, -0.05) is 37.2 Å². The van der Waals surface area contributed by atoms with E-state index < -0.39 is 19.3 Å². The number of fused-ring (bicyclic) bond motifs is 1. The van der Waals surface area contributed by atoms with E-state index >= 15 is 0 Å². The number of anilines is 2. The highest BCUT2D eigenvalue weighted by molar-refractivity contribution is 6.05. The monoisotopic (exact) mass is 286 g/mol. The van der Waals surface area contributed by atoms with E-state index in [0.29, 0.717) is 11.3 Å². The third-order valence-corrected chi connectivity index (χ3v) is 2.91. The number of aromatic nitrogens is 1. The van der Waals surface area contributed by atoms with Crippen molar-refractivity contribution in [3.8, 4) is 0 Å². The number of benzene rings is 2. The van der Waals surface area contributed by atoms with Gasteiger partial charge < -0.3 is 15.6 Å². The van der Waals surface area contributed by atoms with E-state index in [1.807, 2.05) is 0 Å². The topological polar surface area (TPSA) is 56.9 Å². The number of nitrogens with one attached hydrogen (secondary N) is 3. The standard InChI is InChI=1S/C17H17N3O/c1-2-12-7-9-13(10-8-12)19-17(21)20-16-11-18-15-6-4-3-5-14(15)16/h3-11,18H,2H2,1H3,(H2,19,20,21)/i1D,2D2,3D,4D,5D,6D. The molecular weight excluding hydrogens is 262 g/mol. The molecule has 3 aromatic rings. The number of aryl methyl sites for hydroxylation is 1. The molecule has 0 saturated heterocycles. The Hall–Kier alpha value is -2.75. The fourth-order valence-corrected chi connectivity index (χ4v) is 1.89. The van der Waals surface area contributed by atoms with Gasteiger partial charge >= 0.3 is 6.03 Å². The first-order chi connectivity index (χ1) is 13.2. The zero-order chi connectivity index (χ0) is 20.6. The third-order valence-electron chi connectivity index (χ3n) is 2.91. The average molecular weight is 286 g/mol. The van der Waals surface area contributed by atoms with Crippen LogP contribution in [0.25, 0.3) is 10.9 Å². The smallest absolute Gasteiger partial charge is 0.323 e. The van der Waals surface area contributed by atoms with E-state index in [-0.39, 0.29) is 40.8 Å². The van der Waals surface area contributed by atoms with E-state index in [9.17, 15) is 4.79 Å². The summed E-state index contributed by atoms with van der Waals surface area (Å²) in [7, 11) is 0. The Balaban J connectivity index is 1.81. The van der Waals surface area contributed by atoms with Crippen LogP contribution in [0.1, 0.15) is 22.1 Å². The molecule has 4 nitrogen and oxygen atoms in total. The Kier molecular flexibility index (Phi) is 1.99. The van der Waals surface area contributed by atoms with Gasteiger partial charge in [-0.15, -0.1) is 0 Å². The minimum absolute atomic E-state index is 0.181. The van der Waals surface area contributed by atoms with Crippen LogP contribution >= 0.6 is 0 Å². The molecule has 3 N–H and O–H groups in total. The molecule has 0 aliphatic rings. The molecule has 0 saturated carbocycles. The minimum atomic E-state index is -1.77. The van der Waals surface area contributed by atoms with Gasteiger partial charge in [-0.25, -0.2) is 4.79 Å². The molecule has 1 heterocycles. The Bertz CT molecular complexity index is 1050. The van der Waals surface area contributed by atoms with Gasteiger partial charge in [-0.05, 0) is 30.1 Å². The van der Waals surface area contributed by atoms with Gasteiger partial charge in [-0.3, -0.25) is 0 Å². The Labute approximate surface area is 133 Å². The molecule has 0 fully saturated rings. The predicted octanol–water partition coefficient (Wildman–Crippen LogP) is 4.37. The molecule has 0 bridgehead atoms. The average Bonchev–Trinajstić information content (AvgIpc) is 3.08. The molecule has 0 unspecified atom stereocenters. The van der Waals surface area contributed by atoms with Gasteiger partial charge in [0.25, 0.3) is 0 Å². The van der Waals surface area contributed by atoms with E-state index in [0.717, 1.165) is 0 Å². The summed E-state index contributed by atoms with van der Waals surface area (Å²) in [5.74, 6) is 0.